The van der Waals surface area contributed by atoms with Crippen molar-refractivity contribution in [2.24, 2.45) is 14.1 Å². The molecule has 0 aliphatic carbocycles. The Hall–Kier alpha value is -2.42. The van der Waals surface area contributed by atoms with E-state index in [1.54, 1.807) is 0 Å². The van der Waals surface area contributed by atoms with Gasteiger partial charge in [0, 0.05) is 19.8 Å². The largest absolute Gasteiger partial charge is 0.376 e. The molecule has 0 saturated heterocycles. The number of rotatable bonds is 3. The van der Waals surface area contributed by atoms with Crippen LogP contribution in [-0.2, 0) is 24.2 Å². The zero-order valence-electron chi connectivity index (χ0n) is 12.0. The van der Waals surface area contributed by atoms with Crippen molar-refractivity contribution in [1.29, 1.82) is 0 Å². The molecule has 0 bridgehead atoms. The summed E-state index contributed by atoms with van der Waals surface area (Å²) in [5.74, 6) is -1.41. The molecule has 1 heterocycles. The molecule has 0 saturated carbocycles. The first-order valence-corrected chi connectivity index (χ1v) is 7.53. The second kappa shape index (κ2) is 5.41. The number of benzene rings is 1. The van der Waals surface area contributed by atoms with Crippen molar-refractivity contribution >= 4 is 10.1 Å². The van der Waals surface area contributed by atoms with E-state index in [0.717, 1.165) is 23.7 Å². The van der Waals surface area contributed by atoms with Crippen molar-refractivity contribution in [2.75, 3.05) is 0 Å². The lowest BCUT2D eigenvalue weighted by Gasteiger charge is -2.13. The molecule has 0 aliphatic rings. The molecule has 7 nitrogen and oxygen atoms in total. The quantitative estimate of drug-likeness (QED) is 0.756. The predicted molar refractivity (Wildman–Crippen MR) is 75.9 cm³/mol. The average molecular weight is 328 g/mol. The molecule has 9 heteroatoms. The summed E-state index contributed by atoms with van der Waals surface area (Å²) in [7, 11) is -2.13. The van der Waals surface area contributed by atoms with Gasteiger partial charge < -0.3 is 4.18 Å². The van der Waals surface area contributed by atoms with Crippen LogP contribution < -0.4 is 15.4 Å². The number of halogens is 1. The summed E-state index contributed by atoms with van der Waals surface area (Å²) in [6, 6.07) is 4.90. The Labute approximate surface area is 125 Å². The highest BCUT2D eigenvalue weighted by Gasteiger charge is 2.28. The summed E-state index contributed by atoms with van der Waals surface area (Å²) in [4.78, 5) is 23.1. The van der Waals surface area contributed by atoms with Gasteiger partial charge in [-0.3, -0.25) is 13.9 Å². The van der Waals surface area contributed by atoms with Crippen LogP contribution >= 0.6 is 0 Å². The fraction of sp³-hybridized carbons (Fsp3) is 0.231. The Balaban J connectivity index is 2.69. The van der Waals surface area contributed by atoms with Gasteiger partial charge in [0.1, 0.15) is 0 Å². The van der Waals surface area contributed by atoms with Gasteiger partial charge in [0.25, 0.3) is 5.56 Å². The van der Waals surface area contributed by atoms with Gasteiger partial charge in [-0.1, -0.05) is 12.1 Å². The minimum Gasteiger partial charge on any atom is -0.376 e. The van der Waals surface area contributed by atoms with Crippen molar-refractivity contribution in [3.8, 4) is 5.75 Å². The van der Waals surface area contributed by atoms with E-state index in [4.69, 9.17) is 4.18 Å². The van der Waals surface area contributed by atoms with Crippen molar-refractivity contribution in [1.82, 2.24) is 9.13 Å². The van der Waals surface area contributed by atoms with Gasteiger partial charge >= 0.3 is 15.8 Å². The first kappa shape index (κ1) is 16.0. The molecule has 2 aromatic rings. The number of para-hydroxylation sites is 1. The molecule has 0 aliphatic heterocycles. The normalized spacial score (nSPS) is 11.5. The Morgan fingerprint density at radius 1 is 1.09 bits per heavy atom. The smallest absolute Gasteiger partial charge is 0.346 e. The molecule has 0 spiro atoms. The summed E-state index contributed by atoms with van der Waals surface area (Å²) in [5.41, 5.74) is -1.80. The van der Waals surface area contributed by atoms with E-state index in [2.05, 4.69) is 0 Å². The van der Waals surface area contributed by atoms with E-state index in [1.165, 1.54) is 26.1 Å². The Morgan fingerprint density at radius 3 is 2.27 bits per heavy atom. The maximum atomic E-state index is 13.5. The molecule has 0 unspecified atom stereocenters. The maximum Gasteiger partial charge on any atom is 0.346 e. The number of hydrogen-bond donors (Lipinski definition) is 0. The van der Waals surface area contributed by atoms with Gasteiger partial charge in [-0.25, -0.2) is 9.18 Å². The van der Waals surface area contributed by atoms with Gasteiger partial charge in [-0.15, -0.1) is 0 Å². The van der Waals surface area contributed by atoms with E-state index in [1.807, 2.05) is 0 Å². The summed E-state index contributed by atoms with van der Waals surface area (Å²) in [5, 5.41) is 0. The van der Waals surface area contributed by atoms with Gasteiger partial charge in [-0.2, -0.15) is 8.42 Å². The molecule has 0 radical (unpaired) electrons. The molecular formula is C13H13FN2O5S. The minimum absolute atomic E-state index is 0.0931. The summed E-state index contributed by atoms with van der Waals surface area (Å²) < 4.78 is 44.5. The highest BCUT2D eigenvalue weighted by Crippen LogP contribution is 2.21. The van der Waals surface area contributed by atoms with Gasteiger partial charge in [-0.05, 0) is 19.1 Å². The van der Waals surface area contributed by atoms with Gasteiger partial charge in [0.2, 0.25) is 0 Å². The molecule has 0 fully saturated rings. The third-order valence-corrected chi connectivity index (χ3v) is 4.56. The van der Waals surface area contributed by atoms with E-state index in [9.17, 15) is 22.4 Å². The fourth-order valence-corrected chi connectivity index (χ4v) is 3.18. The lowest BCUT2D eigenvalue weighted by Crippen LogP contribution is -2.41. The SMILES string of the molecule is Cc1c(S(=O)(=O)Oc2ccccc2F)c(=O)n(C)c(=O)n1C. The van der Waals surface area contributed by atoms with Crippen molar-refractivity contribution in [3.05, 3.63) is 56.6 Å². The molecule has 0 N–H and O–H groups in total. The predicted octanol–water partition coefficient (Wildman–Crippen LogP) is 0.299. The van der Waals surface area contributed by atoms with E-state index in [0.29, 0.717) is 4.57 Å². The third kappa shape index (κ3) is 2.54. The fourth-order valence-electron chi connectivity index (χ4n) is 1.87. The average Bonchev–Trinajstić information content (AvgIpc) is 2.45. The topological polar surface area (TPSA) is 87.4 Å². The third-order valence-electron chi connectivity index (χ3n) is 3.19. The van der Waals surface area contributed by atoms with Crippen LogP contribution in [0.4, 0.5) is 4.39 Å². The molecule has 118 valence electrons. The van der Waals surface area contributed by atoms with Crippen LogP contribution in [0.25, 0.3) is 0 Å². The Bertz CT molecular complexity index is 959. The molecule has 0 amide bonds. The van der Waals surface area contributed by atoms with Crippen molar-refractivity contribution in [2.45, 2.75) is 11.8 Å². The van der Waals surface area contributed by atoms with Crippen LogP contribution in [0.1, 0.15) is 5.69 Å². The molecule has 1 aromatic carbocycles. The zero-order chi connectivity index (χ0) is 16.7. The standard InChI is InChI=1S/C13H13FN2O5S/c1-8-11(12(17)16(3)13(18)15(8)2)22(19,20)21-10-7-5-4-6-9(10)14/h4-7H,1-3H3. The van der Waals surface area contributed by atoms with Crippen LogP contribution in [0, 0.1) is 12.7 Å². The first-order chi connectivity index (χ1) is 10.2. The monoisotopic (exact) mass is 328 g/mol. The van der Waals surface area contributed by atoms with Crippen LogP contribution in [0.15, 0.2) is 38.8 Å². The van der Waals surface area contributed by atoms with E-state index < -0.39 is 37.8 Å². The van der Waals surface area contributed by atoms with Crippen LogP contribution in [0.5, 0.6) is 5.75 Å². The highest BCUT2D eigenvalue weighted by molar-refractivity contribution is 7.87. The maximum absolute atomic E-state index is 13.5. The first-order valence-electron chi connectivity index (χ1n) is 6.12. The zero-order valence-corrected chi connectivity index (χ0v) is 12.8. The molecule has 1 aromatic heterocycles. The van der Waals surface area contributed by atoms with Crippen LogP contribution in [-0.4, -0.2) is 17.6 Å². The molecule has 22 heavy (non-hydrogen) atoms. The highest BCUT2D eigenvalue weighted by atomic mass is 32.2. The lowest BCUT2D eigenvalue weighted by atomic mass is 10.3. The molecule has 2 rings (SSSR count). The summed E-state index contributed by atoms with van der Waals surface area (Å²) >= 11 is 0. The summed E-state index contributed by atoms with van der Waals surface area (Å²) in [6.45, 7) is 1.29. The number of hydrogen-bond acceptors (Lipinski definition) is 5. The van der Waals surface area contributed by atoms with Gasteiger partial charge in [0.05, 0.1) is 0 Å². The van der Waals surface area contributed by atoms with Crippen molar-refractivity contribution in [3.63, 3.8) is 0 Å². The second-order valence-corrected chi connectivity index (χ2v) is 6.07. The van der Waals surface area contributed by atoms with E-state index >= 15 is 0 Å². The van der Waals surface area contributed by atoms with Gasteiger partial charge in [0.15, 0.2) is 16.5 Å². The number of aromatic nitrogens is 2. The summed E-state index contributed by atoms with van der Waals surface area (Å²) in [6.07, 6.45) is 0. The molecular weight excluding hydrogens is 315 g/mol. The molecule has 0 atom stereocenters. The Morgan fingerprint density at radius 2 is 1.68 bits per heavy atom. The minimum atomic E-state index is -4.59. The Kier molecular flexibility index (Phi) is 3.92. The van der Waals surface area contributed by atoms with Crippen LogP contribution in [0.3, 0.4) is 0 Å². The van der Waals surface area contributed by atoms with Crippen molar-refractivity contribution < 1.29 is 17.0 Å². The van der Waals surface area contributed by atoms with Crippen LogP contribution in [0.2, 0.25) is 0 Å². The second-order valence-electron chi connectivity index (χ2n) is 4.59. The van der Waals surface area contributed by atoms with E-state index in [-0.39, 0.29) is 5.69 Å². The number of nitrogens with zero attached hydrogens (tertiary/aromatic N) is 2. The lowest BCUT2D eigenvalue weighted by molar-refractivity contribution is 0.456.